The van der Waals surface area contributed by atoms with Crippen LogP contribution in [0.1, 0.15) is 25.0 Å². The molecule has 0 saturated heterocycles. The van der Waals surface area contributed by atoms with E-state index in [1.165, 1.54) is 11.1 Å². The van der Waals surface area contributed by atoms with Gasteiger partial charge in [0.15, 0.2) is 0 Å². The van der Waals surface area contributed by atoms with Crippen molar-refractivity contribution in [3.8, 4) is 62.1 Å². The average molecular weight is 1080 g/mol. The molecule has 5 nitrogen and oxygen atoms in total. The van der Waals surface area contributed by atoms with Crippen molar-refractivity contribution >= 4 is 32.8 Å². The van der Waals surface area contributed by atoms with Crippen LogP contribution < -0.4 is 9.30 Å². The fourth-order valence-corrected chi connectivity index (χ4v) is 9.90. The molecule has 6 heteroatoms. The first-order valence-corrected chi connectivity index (χ1v) is 23.4. The van der Waals surface area contributed by atoms with Gasteiger partial charge in [-0.3, -0.25) is 4.57 Å². The molecule has 0 atom stereocenters. The number of fused-ring (bicyclic) bond motifs is 4. The van der Waals surface area contributed by atoms with E-state index in [1.54, 1.807) is 0 Å². The van der Waals surface area contributed by atoms with Crippen molar-refractivity contribution in [2.45, 2.75) is 25.7 Å². The van der Waals surface area contributed by atoms with Crippen molar-refractivity contribution in [1.29, 1.82) is 0 Å². The Morgan fingerprint density at radius 2 is 1.10 bits per heavy atom. The molecule has 0 unspecified atom stereocenters. The number of benzene rings is 9. The van der Waals surface area contributed by atoms with E-state index in [0.29, 0.717) is 11.5 Å². The van der Waals surface area contributed by atoms with Crippen molar-refractivity contribution in [1.82, 2.24) is 14.1 Å². The van der Waals surface area contributed by atoms with Crippen LogP contribution in [-0.2, 0) is 32.9 Å². The molecule has 3 heterocycles. The van der Waals surface area contributed by atoms with Crippen LogP contribution in [0, 0.1) is 18.5 Å². The zero-order valence-corrected chi connectivity index (χ0v) is 40.9. The number of pyridine rings is 1. The summed E-state index contributed by atoms with van der Waals surface area (Å²) < 4.78 is 13.2. The van der Waals surface area contributed by atoms with Gasteiger partial charge in [0.2, 0.25) is 0 Å². The molecule has 12 rings (SSSR count). The predicted molar refractivity (Wildman–Crippen MR) is 279 cm³/mol. The Morgan fingerprint density at radius 3 is 1.79 bits per heavy atom. The van der Waals surface area contributed by atoms with E-state index in [0.717, 1.165) is 89.8 Å². The molecule has 3 aromatic heterocycles. The van der Waals surface area contributed by atoms with Gasteiger partial charge < -0.3 is 13.9 Å². The fourth-order valence-electron chi connectivity index (χ4n) is 9.90. The fraction of sp³-hybridized carbons (Fsp3) is 0.0625. The number of ether oxygens (including phenoxy) is 1. The molecule has 0 fully saturated rings. The minimum absolute atomic E-state index is 0. The van der Waals surface area contributed by atoms with Crippen LogP contribution in [0.25, 0.3) is 83.4 Å². The van der Waals surface area contributed by atoms with Gasteiger partial charge in [0.25, 0.3) is 6.33 Å². The summed E-state index contributed by atoms with van der Waals surface area (Å²) in [4.78, 5) is 5.20. The molecule has 340 valence electrons. The minimum Gasteiger partial charge on any atom is -0.510 e. The summed E-state index contributed by atoms with van der Waals surface area (Å²) in [6, 6.07) is 85.6. The average Bonchev–Trinajstić information content (AvgIpc) is 3.95. The van der Waals surface area contributed by atoms with E-state index in [9.17, 15) is 0 Å². The number of nitrogens with zero attached hydrogens (tertiary/aromatic N) is 4. The standard InChI is InChI=1S/C64H46N4O.Pt/c1-64(2,49-27-13-6-14-28-49)42-48-39-62(65-43-57(48)47-25-11-5-12-26-47)68-58-34-16-15-31-55(58)56-38-37-52(41-61(56)68)69-51-30-19-29-50(40-51)66-44-67(60-36-18-17-35-59(60)66)63-53(45-21-7-3-8-22-45)32-20-33-54(63)46-23-9-4-10-24-46;/h3-39,43H,42H2,1-2H3;/q-2;. The third-order valence-corrected chi connectivity index (χ3v) is 13.2. The van der Waals surface area contributed by atoms with Gasteiger partial charge in [-0.25, -0.2) is 4.98 Å². The van der Waals surface area contributed by atoms with E-state index in [1.807, 2.05) is 30.5 Å². The van der Waals surface area contributed by atoms with Crippen molar-refractivity contribution in [3.05, 3.63) is 260 Å². The second-order valence-electron chi connectivity index (χ2n) is 18.1. The number of rotatable bonds is 11. The van der Waals surface area contributed by atoms with Gasteiger partial charge in [-0.05, 0) is 74.0 Å². The Kier molecular flexibility index (Phi) is 11.9. The Labute approximate surface area is 422 Å². The molecular weight excluding hydrogens is 1040 g/mol. The largest absolute Gasteiger partial charge is 0.510 e. The Hall–Kier alpha value is -8.11. The van der Waals surface area contributed by atoms with Crippen molar-refractivity contribution in [2.75, 3.05) is 0 Å². The predicted octanol–water partition coefficient (Wildman–Crippen LogP) is 15.1. The Bertz CT molecular complexity index is 3750. The summed E-state index contributed by atoms with van der Waals surface area (Å²) in [6.07, 6.45) is 6.63. The summed E-state index contributed by atoms with van der Waals surface area (Å²) in [5.41, 5.74) is 14.9. The first-order valence-electron chi connectivity index (χ1n) is 23.4. The summed E-state index contributed by atoms with van der Waals surface area (Å²) >= 11 is 0. The summed E-state index contributed by atoms with van der Waals surface area (Å²) in [5.74, 6) is 1.97. The zero-order valence-electron chi connectivity index (χ0n) is 38.7. The van der Waals surface area contributed by atoms with Crippen molar-refractivity contribution < 1.29 is 30.4 Å². The molecule has 0 spiro atoms. The SMILES string of the molecule is CC(C)(Cc1cc(-n2c3[c-]c(Oc4[c-]c(-n5[c-][n+](-c6c(-c7ccccc7)cccc6-c6ccccc6)c6ccccc65)ccc4)ccc3c3ccccc32)ncc1-c1ccccc1)c1ccccc1.[Pt]. The monoisotopic (exact) mass is 1080 g/mol. The van der Waals surface area contributed by atoms with Crippen LogP contribution in [0.3, 0.4) is 0 Å². The second kappa shape index (κ2) is 18.8. The maximum atomic E-state index is 6.73. The molecular formula is C64H46N4OPt-2. The molecule has 0 bridgehead atoms. The van der Waals surface area contributed by atoms with Gasteiger partial charge in [0.05, 0.1) is 16.7 Å². The van der Waals surface area contributed by atoms with Gasteiger partial charge in [0.1, 0.15) is 5.82 Å². The number of hydrogen-bond donors (Lipinski definition) is 0. The van der Waals surface area contributed by atoms with Crippen LogP contribution in [0.5, 0.6) is 11.5 Å². The smallest absolute Gasteiger partial charge is 0.268 e. The van der Waals surface area contributed by atoms with E-state index < -0.39 is 0 Å². The minimum atomic E-state index is -0.134. The summed E-state index contributed by atoms with van der Waals surface area (Å²) in [5, 5.41) is 2.19. The third kappa shape index (κ3) is 8.23. The summed E-state index contributed by atoms with van der Waals surface area (Å²) in [6.45, 7) is 4.64. The Balaban J connectivity index is 0.00000533. The van der Waals surface area contributed by atoms with Gasteiger partial charge in [-0.15, -0.1) is 29.7 Å². The molecule has 70 heavy (non-hydrogen) atoms. The van der Waals surface area contributed by atoms with E-state index in [4.69, 9.17) is 9.72 Å². The third-order valence-electron chi connectivity index (χ3n) is 13.2. The number of para-hydroxylation sites is 4. The topological polar surface area (TPSA) is 35.9 Å². The maximum absolute atomic E-state index is 6.73. The first kappa shape index (κ1) is 44.4. The normalized spacial score (nSPS) is 11.5. The van der Waals surface area contributed by atoms with Gasteiger partial charge in [-0.1, -0.05) is 201 Å². The molecule has 0 N–H and O–H groups in total. The molecule has 0 saturated carbocycles. The molecule has 0 amide bonds. The summed E-state index contributed by atoms with van der Waals surface area (Å²) in [7, 11) is 0. The number of imidazole rings is 1. The van der Waals surface area contributed by atoms with Gasteiger partial charge in [-0.2, -0.15) is 18.2 Å². The van der Waals surface area contributed by atoms with Crippen molar-refractivity contribution in [2.24, 2.45) is 0 Å². The number of aromatic nitrogens is 4. The molecule has 0 aliphatic carbocycles. The van der Waals surface area contributed by atoms with Crippen LogP contribution in [-0.4, -0.2) is 14.1 Å². The van der Waals surface area contributed by atoms with Crippen LogP contribution in [0.15, 0.2) is 231 Å². The molecule has 12 aromatic rings. The molecule has 9 aromatic carbocycles. The first-order chi connectivity index (χ1) is 34.0. The second-order valence-corrected chi connectivity index (χ2v) is 18.1. The van der Waals surface area contributed by atoms with Crippen LogP contribution in [0.2, 0.25) is 0 Å². The van der Waals surface area contributed by atoms with Gasteiger partial charge >= 0.3 is 0 Å². The van der Waals surface area contributed by atoms with Crippen LogP contribution >= 0.6 is 0 Å². The van der Waals surface area contributed by atoms with E-state index in [2.05, 4.69) is 246 Å². The van der Waals surface area contributed by atoms with Crippen LogP contribution in [0.4, 0.5) is 0 Å². The van der Waals surface area contributed by atoms with E-state index >= 15 is 0 Å². The van der Waals surface area contributed by atoms with Crippen molar-refractivity contribution in [3.63, 3.8) is 0 Å². The van der Waals surface area contributed by atoms with Gasteiger partial charge in [0, 0.05) is 49.8 Å². The quantitative estimate of drug-likeness (QED) is 0.0956. The number of hydrogen-bond acceptors (Lipinski definition) is 2. The maximum Gasteiger partial charge on any atom is 0.268 e. The van der Waals surface area contributed by atoms with E-state index in [-0.39, 0.29) is 26.5 Å². The molecule has 0 aliphatic rings. The molecule has 0 radical (unpaired) electrons. The molecule has 0 aliphatic heterocycles. The Morgan fingerprint density at radius 1 is 0.529 bits per heavy atom. The zero-order chi connectivity index (χ0) is 46.3.